The molecule has 0 aliphatic carbocycles. The van der Waals surface area contributed by atoms with Crippen molar-refractivity contribution in [2.24, 2.45) is 0 Å². The van der Waals surface area contributed by atoms with Crippen molar-refractivity contribution >= 4 is 5.97 Å². The van der Waals surface area contributed by atoms with Crippen molar-refractivity contribution in [1.82, 2.24) is 0 Å². The van der Waals surface area contributed by atoms with Crippen molar-refractivity contribution in [3.8, 4) is 0 Å². The summed E-state index contributed by atoms with van der Waals surface area (Å²) >= 11 is 0. The Bertz CT molecular complexity index is 214. The largest absolute Gasteiger partial charge is 0.466 e. The van der Waals surface area contributed by atoms with E-state index in [2.05, 4.69) is 13.8 Å². The minimum atomic E-state index is -0.00117. The van der Waals surface area contributed by atoms with E-state index < -0.39 is 0 Å². The number of hydrogen-bond acceptors (Lipinski definition) is 2. The SMILES string of the molecule is [CH2]CCCCCCCCC(=O)OCCCCCCCCC. The molecule has 125 valence electrons. The molecule has 2 heteroatoms. The Balaban J connectivity index is 3.13. The van der Waals surface area contributed by atoms with Gasteiger partial charge in [-0.1, -0.05) is 90.9 Å². The van der Waals surface area contributed by atoms with Gasteiger partial charge in [-0.3, -0.25) is 4.79 Å². The van der Waals surface area contributed by atoms with Crippen LogP contribution in [0, 0.1) is 6.92 Å². The van der Waals surface area contributed by atoms with Crippen LogP contribution in [0.4, 0.5) is 0 Å². The summed E-state index contributed by atoms with van der Waals surface area (Å²) in [7, 11) is 0. The Hall–Kier alpha value is -0.530. The smallest absolute Gasteiger partial charge is 0.305 e. The molecule has 0 unspecified atom stereocenters. The Kier molecular flexibility index (Phi) is 17.1. The van der Waals surface area contributed by atoms with Crippen molar-refractivity contribution in [3.05, 3.63) is 6.92 Å². The molecule has 0 N–H and O–H groups in total. The van der Waals surface area contributed by atoms with E-state index >= 15 is 0 Å². The van der Waals surface area contributed by atoms with Crippen LogP contribution in [-0.2, 0) is 9.53 Å². The Morgan fingerprint density at radius 2 is 1.29 bits per heavy atom. The van der Waals surface area contributed by atoms with Gasteiger partial charge in [0.15, 0.2) is 0 Å². The summed E-state index contributed by atoms with van der Waals surface area (Å²) in [4.78, 5) is 11.5. The lowest BCUT2D eigenvalue weighted by Crippen LogP contribution is -2.05. The van der Waals surface area contributed by atoms with Gasteiger partial charge in [0.25, 0.3) is 0 Å². The third-order valence-corrected chi connectivity index (χ3v) is 3.89. The molecule has 0 aliphatic rings. The van der Waals surface area contributed by atoms with E-state index in [9.17, 15) is 4.79 Å². The molecule has 0 atom stereocenters. The number of unbranched alkanes of at least 4 members (excludes halogenated alkanes) is 12. The average Bonchev–Trinajstić information content (AvgIpc) is 2.49. The molecular weight excluding hydrogens is 260 g/mol. The topological polar surface area (TPSA) is 26.3 Å². The van der Waals surface area contributed by atoms with E-state index in [4.69, 9.17) is 4.74 Å². The lowest BCUT2D eigenvalue weighted by Gasteiger charge is -2.05. The van der Waals surface area contributed by atoms with Gasteiger partial charge in [0, 0.05) is 6.42 Å². The zero-order valence-corrected chi connectivity index (χ0v) is 14.3. The summed E-state index contributed by atoms with van der Waals surface area (Å²) in [6, 6.07) is 0. The second kappa shape index (κ2) is 17.5. The summed E-state index contributed by atoms with van der Waals surface area (Å²) < 4.78 is 5.27. The zero-order valence-electron chi connectivity index (χ0n) is 14.3. The molecule has 0 bridgehead atoms. The summed E-state index contributed by atoms with van der Waals surface area (Å²) in [6.07, 6.45) is 17.7. The second-order valence-electron chi connectivity index (χ2n) is 6.07. The number of carbonyl (C=O) groups is 1. The van der Waals surface area contributed by atoms with E-state index in [0.29, 0.717) is 13.0 Å². The molecule has 0 aromatic heterocycles. The maximum absolute atomic E-state index is 11.5. The predicted octanol–water partition coefficient (Wildman–Crippen LogP) is 6.24. The number of carbonyl (C=O) groups excluding carboxylic acids is 1. The molecule has 0 aliphatic heterocycles. The highest BCUT2D eigenvalue weighted by atomic mass is 16.5. The number of rotatable bonds is 16. The Labute approximate surface area is 133 Å². The normalized spacial score (nSPS) is 10.8. The zero-order chi connectivity index (χ0) is 15.6. The van der Waals surface area contributed by atoms with Crippen LogP contribution in [0.5, 0.6) is 0 Å². The number of ether oxygens (including phenoxy) is 1. The molecule has 0 spiro atoms. The lowest BCUT2D eigenvalue weighted by atomic mass is 10.1. The molecule has 0 heterocycles. The summed E-state index contributed by atoms with van der Waals surface area (Å²) in [6.45, 7) is 6.70. The first kappa shape index (κ1) is 20.5. The van der Waals surface area contributed by atoms with Crippen LogP contribution < -0.4 is 0 Å². The molecule has 0 amide bonds. The van der Waals surface area contributed by atoms with Crippen molar-refractivity contribution in [3.63, 3.8) is 0 Å². The predicted molar refractivity (Wildman–Crippen MR) is 91.2 cm³/mol. The average molecular weight is 298 g/mol. The molecule has 2 nitrogen and oxygen atoms in total. The highest BCUT2D eigenvalue weighted by molar-refractivity contribution is 5.69. The van der Waals surface area contributed by atoms with Gasteiger partial charge >= 0.3 is 5.97 Å². The monoisotopic (exact) mass is 297 g/mol. The second-order valence-corrected chi connectivity index (χ2v) is 6.07. The Morgan fingerprint density at radius 1 is 0.762 bits per heavy atom. The van der Waals surface area contributed by atoms with Crippen LogP contribution in [0.3, 0.4) is 0 Å². The highest BCUT2D eigenvalue weighted by Gasteiger charge is 2.02. The van der Waals surface area contributed by atoms with E-state index in [1.807, 2.05) is 0 Å². The van der Waals surface area contributed by atoms with Gasteiger partial charge in [-0.25, -0.2) is 0 Å². The molecule has 0 saturated carbocycles. The van der Waals surface area contributed by atoms with Crippen molar-refractivity contribution in [2.45, 2.75) is 103 Å². The van der Waals surface area contributed by atoms with Gasteiger partial charge < -0.3 is 4.74 Å². The standard InChI is InChI=1S/C19H37O2/c1-3-5-7-9-11-13-15-17-19(20)21-18-16-14-12-10-8-6-4-2/h1,3-18H2,2H3. The fourth-order valence-corrected chi connectivity index (χ4v) is 2.47. The molecule has 0 fully saturated rings. The molecule has 0 aromatic carbocycles. The molecule has 1 radical (unpaired) electrons. The van der Waals surface area contributed by atoms with Gasteiger partial charge in [-0.15, -0.1) is 0 Å². The maximum atomic E-state index is 11.5. The van der Waals surface area contributed by atoms with Gasteiger partial charge in [0.1, 0.15) is 0 Å². The van der Waals surface area contributed by atoms with Crippen LogP contribution in [0.1, 0.15) is 103 Å². The van der Waals surface area contributed by atoms with E-state index in [1.54, 1.807) is 0 Å². The van der Waals surface area contributed by atoms with Crippen LogP contribution in [0.25, 0.3) is 0 Å². The number of esters is 1. The molecular formula is C19H37O2. The van der Waals surface area contributed by atoms with Gasteiger partial charge in [0.05, 0.1) is 6.61 Å². The van der Waals surface area contributed by atoms with Crippen LogP contribution in [0.15, 0.2) is 0 Å². The lowest BCUT2D eigenvalue weighted by molar-refractivity contribution is -0.143. The number of hydrogen-bond donors (Lipinski definition) is 0. The van der Waals surface area contributed by atoms with Crippen LogP contribution >= 0.6 is 0 Å². The fourth-order valence-electron chi connectivity index (χ4n) is 2.47. The Morgan fingerprint density at radius 3 is 1.90 bits per heavy atom. The van der Waals surface area contributed by atoms with Crippen molar-refractivity contribution in [1.29, 1.82) is 0 Å². The van der Waals surface area contributed by atoms with Crippen molar-refractivity contribution in [2.75, 3.05) is 6.61 Å². The van der Waals surface area contributed by atoms with Gasteiger partial charge in [0.2, 0.25) is 0 Å². The van der Waals surface area contributed by atoms with Gasteiger partial charge in [-0.05, 0) is 12.8 Å². The maximum Gasteiger partial charge on any atom is 0.305 e. The van der Waals surface area contributed by atoms with Crippen LogP contribution in [-0.4, -0.2) is 12.6 Å². The quantitative estimate of drug-likeness (QED) is 0.249. The first-order valence-corrected chi connectivity index (χ1v) is 9.26. The summed E-state index contributed by atoms with van der Waals surface area (Å²) in [5.74, 6) is -0.00117. The van der Waals surface area contributed by atoms with Crippen LogP contribution in [0.2, 0.25) is 0 Å². The van der Waals surface area contributed by atoms with Crippen molar-refractivity contribution < 1.29 is 9.53 Å². The highest BCUT2D eigenvalue weighted by Crippen LogP contribution is 2.09. The fraction of sp³-hybridized carbons (Fsp3) is 0.895. The summed E-state index contributed by atoms with van der Waals surface area (Å²) in [5.41, 5.74) is 0. The van der Waals surface area contributed by atoms with E-state index in [-0.39, 0.29) is 5.97 Å². The van der Waals surface area contributed by atoms with E-state index in [0.717, 1.165) is 25.7 Å². The molecule has 0 saturated heterocycles. The minimum absolute atomic E-state index is 0.00117. The van der Waals surface area contributed by atoms with E-state index in [1.165, 1.54) is 64.2 Å². The summed E-state index contributed by atoms with van der Waals surface area (Å²) in [5, 5.41) is 0. The first-order chi connectivity index (χ1) is 10.3. The molecule has 0 rings (SSSR count). The minimum Gasteiger partial charge on any atom is -0.466 e. The first-order valence-electron chi connectivity index (χ1n) is 9.26. The molecule has 21 heavy (non-hydrogen) atoms. The van der Waals surface area contributed by atoms with Gasteiger partial charge in [-0.2, -0.15) is 0 Å². The molecule has 0 aromatic rings. The third-order valence-electron chi connectivity index (χ3n) is 3.89. The third kappa shape index (κ3) is 17.4.